The summed E-state index contributed by atoms with van der Waals surface area (Å²) in [4.78, 5) is 0. The van der Waals surface area contributed by atoms with Gasteiger partial charge in [-0.2, -0.15) is 5.10 Å². The van der Waals surface area contributed by atoms with E-state index in [0.717, 1.165) is 22.1 Å². The molecule has 1 radical (unpaired) electrons. The Bertz CT molecular complexity index is 615. The summed E-state index contributed by atoms with van der Waals surface area (Å²) in [7, 11) is 0. The van der Waals surface area contributed by atoms with Crippen LogP contribution < -0.4 is 0 Å². The third-order valence-electron chi connectivity index (χ3n) is 2.40. The fraction of sp³-hybridized carbons (Fsp3) is 0.0909. The first-order valence-electron chi connectivity index (χ1n) is 4.46. The Morgan fingerprint density at radius 1 is 1.40 bits per heavy atom. The molecule has 0 amide bonds. The van der Waals surface area contributed by atoms with Crippen LogP contribution in [0.3, 0.4) is 0 Å². The van der Waals surface area contributed by atoms with Gasteiger partial charge in [0.05, 0.1) is 5.65 Å². The van der Waals surface area contributed by atoms with Gasteiger partial charge in [0.25, 0.3) is 0 Å². The van der Waals surface area contributed by atoms with Gasteiger partial charge >= 0.3 is 0 Å². The minimum absolute atomic E-state index is 0. The quantitative estimate of drug-likeness (QED) is 0.564. The SMILES string of the molecule is Cc1cc2ccc[c-]c2c2nncn12.[Ir]. The summed E-state index contributed by atoms with van der Waals surface area (Å²) in [6, 6.07) is 11.2. The summed E-state index contributed by atoms with van der Waals surface area (Å²) in [6.45, 7) is 2.04. The van der Waals surface area contributed by atoms with Crippen LogP contribution in [-0.4, -0.2) is 14.6 Å². The monoisotopic (exact) mass is 375 g/mol. The van der Waals surface area contributed by atoms with E-state index in [1.807, 2.05) is 23.5 Å². The van der Waals surface area contributed by atoms with Crippen molar-refractivity contribution in [2.45, 2.75) is 6.92 Å². The second kappa shape index (κ2) is 3.72. The average Bonchev–Trinajstić information content (AvgIpc) is 2.67. The second-order valence-corrected chi connectivity index (χ2v) is 3.31. The molecule has 3 rings (SSSR count). The Morgan fingerprint density at radius 3 is 3.13 bits per heavy atom. The number of pyridine rings is 1. The van der Waals surface area contributed by atoms with Gasteiger partial charge in [-0.15, -0.1) is 34.8 Å². The van der Waals surface area contributed by atoms with Crippen molar-refractivity contribution in [2.24, 2.45) is 0 Å². The molecule has 0 unspecified atom stereocenters. The van der Waals surface area contributed by atoms with Gasteiger partial charge in [0, 0.05) is 25.8 Å². The van der Waals surface area contributed by atoms with Gasteiger partial charge in [-0.05, 0) is 6.92 Å². The molecular weight excluding hydrogens is 366 g/mol. The molecule has 3 aromatic rings. The molecule has 0 atom stereocenters. The third-order valence-corrected chi connectivity index (χ3v) is 2.40. The van der Waals surface area contributed by atoms with Crippen LogP contribution in [0.5, 0.6) is 0 Å². The van der Waals surface area contributed by atoms with Gasteiger partial charge in [-0.3, -0.25) is 0 Å². The maximum Gasteiger partial charge on any atom is 0.114 e. The van der Waals surface area contributed by atoms with Crippen LogP contribution >= 0.6 is 0 Å². The maximum absolute atomic E-state index is 4.09. The summed E-state index contributed by atoms with van der Waals surface area (Å²) >= 11 is 0. The van der Waals surface area contributed by atoms with E-state index in [1.165, 1.54) is 0 Å². The molecule has 4 heteroatoms. The standard InChI is InChI=1S/C11H8N3.Ir/c1-8-6-9-4-2-3-5-10(9)11-13-12-7-14(8)11;/h2-4,6-7H,1H3;/q-1;. The Balaban J connectivity index is 0.000000853. The number of benzene rings is 1. The molecule has 0 bridgehead atoms. The second-order valence-electron chi connectivity index (χ2n) is 3.31. The molecule has 0 aliphatic carbocycles. The minimum Gasteiger partial charge on any atom is -0.327 e. The van der Waals surface area contributed by atoms with Crippen LogP contribution in [0, 0.1) is 13.0 Å². The maximum atomic E-state index is 4.09. The zero-order chi connectivity index (χ0) is 9.54. The van der Waals surface area contributed by atoms with Crippen molar-refractivity contribution in [1.29, 1.82) is 0 Å². The Morgan fingerprint density at radius 2 is 2.27 bits per heavy atom. The molecule has 2 heterocycles. The molecule has 0 saturated heterocycles. The molecular formula is C11H8IrN3-. The molecule has 0 aliphatic heterocycles. The largest absolute Gasteiger partial charge is 0.327 e. The number of hydrogen-bond acceptors (Lipinski definition) is 2. The van der Waals surface area contributed by atoms with Crippen LogP contribution in [0.25, 0.3) is 16.4 Å². The molecule has 0 saturated carbocycles. The molecule has 1 aromatic carbocycles. The van der Waals surface area contributed by atoms with Crippen LogP contribution in [-0.2, 0) is 20.1 Å². The van der Waals surface area contributed by atoms with E-state index >= 15 is 0 Å². The van der Waals surface area contributed by atoms with E-state index in [-0.39, 0.29) is 20.1 Å². The van der Waals surface area contributed by atoms with E-state index in [0.29, 0.717) is 0 Å². The normalized spacial score (nSPS) is 10.5. The zero-order valence-electron chi connectivity index (χ0n) is 8.06. The molecule has 0 fully saturated rings. The molecule has 2 aromatic heterocycles. The molecule has 3 nitrogen and oxygen atoms in total. The molecule has 77 valence electrons. The van der Waals surface area contributed by atoms with Gasteiger partial charge < -0.3 is 4.40 Å². The summed E-state index contributed by atoms with van der Waals surface area (Å²) < 4.78 is 1.97. The van der Waals surface area contributed by atoms with E-state index in [2.05, 4.69) is 28.4 Å². The van der Waals surface area contributed by atoms with Crippen molar-refractivity contribution in [3.8, 4) is 0 Å². The van der Waals surface area contributed by atoms with Crippen LogP contribution in [0.15, 0.2) is 30.6 Å². The predicted molar refractivity (Wildman–Crippen MR) is 54.1 cm³/mol. The van der Waals surface area contributed by atoms with Crippen molar-refractivity contribution < 1.29 is 20.1 Å². The summed E-state index contributed by atoms with van der Waals surface area (Å²) in [5.74, 6) is 0. The first-order chi connectivity index (χ1) is 6.86. The molecule has 15 heavy (non-hydrogen) atoms. The third kappa shape index (κ3) is 1.46. The summed E-state index contributed by atoms with van der Waals surface area (Å²) in [6.07, 6.45) is 1.73. The van der Waals surface area contributed by atoms with E-state index in [9.17, 15) is 0 Å². The smallest absolute Gasteiger partial charge is 0.114 e. The summed E-state index contributed by atoms with van der Waals surface area (Å²) in [5, 5.41) is 10.2. The topological polar surface area (TPSA) is 30.2 Å². The molecule has 0 aliphatic rings. The number of fused-ring (bicyclic) bond motifs is 3. The number of nitrogens with zero attached hydrogens (tertiary/aromatic N) is 3. The fourth-order valence-corrected chi connectivity index (χ4v) is 1.72. The van der Waals surface area contributed by atoms with Gasteiger partial charge in [-0.1, -0.05) is 11.5 Å². The average molecular weight is 374 g/mol. The number of hydrogen-bond donors (Lipinski definition) is 0. The number of aryl methyl sites for hydroxylation is 1. The minimum atomic E-state index is 0. The fourth-order valence-electron chi connectivity index (χ4n) is 1.72. The van der Waals surface area contributed by atoms with Crippen molar-refractivity contribution in [3.05, 3.63) is 42.4 Å². The predicted octanol–water partition coefficient (Wildman–Crippen LogP) is 1.99. The Labute approximate surface area is 100 Å². The van der Waals surface area contributed by atoms with Crippen LogP contribution in [0.1, 0.15) is 5.69 Å². The number of rotatable bonds is 0. The van der Waals surface area contributed by atoms with Crippen molar-refractivity contribution in [1.82, 2.24) is 14.6 Å². The van der Waals surface area contributed by atoms with Gasteiger partial charge in [0.1, 0.15) is 6.33 Å². The van der Waals surface area contributed by atoms with Crippen molar-refractivity contribution >= 4 is 16.4 Å². The number of aromatic nitrogens is 3. The van der Waals surface area contributed by atoms with Gasteiger partial charge in [-0.25, -0.2) is 0 Å². The van der Waals surface area contributed by atoms with Crippen LogP contribution in [0.4, 0.5) is 0 Å². The Kier molecular flexibility index (Phi) is 2.55. The molecule has 0 N–H and O–H groups in total. The molecule has 0 spiro atoms. The zero-order valence-corrected chi connectivity index (χ0v) is 10.5. The van der Waals surface area contributed by atoms with Crippen molar-refractivity contribution in [3.63, 3.8) is 0 Å². The summed E-state index contributed by atoms with van der Waals surface area (Å²) in [5.41, 5.74) is 2.01. The van der Waals surface area contributed by atoms with Crippen LogP contribution in [0.2, 0.25) is 0 Å². The van der Waals surface area contributed by atoms with E-state index in [1.54, 1.807) is 6.33 Å². The first kappa shape index (κ1) is 10.3. The van der Waals surface area contributed by atoms with Gasteiger partial charge in [0.15, 0.2) is 0 Å². The Hall–Kier alpha value is -1.25. The van der Waals surface area contributed by atoms with Gasteiger partial charge in [0.2, 0.25) is 0 Å². The van der Waals surface area contributed by atoms with E-state index in [4.69, 9.17) is 0 Å². The van der Waals surface area contributed by atoms with Crippen molar-refractivity contribution in [2.75, 3.05) is 0 Å². The van der Waals surface area contributed by atoms with E-state index < -0.39 is 0 Å². The first-order valence-corrected chi connectivity index (χ1v) is 4.46.